The standard InChI is InChI=1S/C26H34N6O/c1-19-24-10-6-12-32(17-20-7-4-9-23(13-20)33-3)26(24)29-25(28-19)22-8-5-11-31(18-22)16-21-14-27-30(2)15-21/h4,7,9,13-15,22H,5-6,8,10-12,16-18H2,1-3H3/t22-/m1/s1. The zero-order chi connectivity index (χ0) is 22.8. The predicted molar refractivity (Wildman–Crippen MR) is 130 cm³/mol. The molecular weight excluding hydrogens is 412 g/mol. The SMILES string of the molecule is COc1cccc(CN2CCCc3c(C)nc([C@@H]4CCCN(Cc5cnn(C)c5)C4)nc32)c1. The largest absolute Gasteiger partial charge is 0.497 e. The summed E-state index contributed by atoms with van der Waals surface area (Å²) < 4.78 is 7.31. The summed E-state index contributed by atoms with van der Waals surface area (Å²) in [7, 11) is 3.70. The second-order valence-electron chi connectivity index (χ2n) is 9.44. The topological polar surface area (TPSA) is 59.3 Å². The second kappa shape index (κ2) is 9.51. The van der Waals surface area contributed by atoms with Crippen molar-refractivity contribution in [3.8, 4) is 5.75 Å². The third-order valence-electron chi connectivity index (χ3n) is 6.91. The molecule has 1 atom stereocenters. The summed E-state index contributed by atoms with van der Waals surface area (Å²) in [6, 6.07) is 8.36. The van der Waals surface area contributed by atoms with Crippen molar-refractivity contribution in [1.29, 1.82) is 0 Å². The molecule has 0 spiro atoms. The third-order valence-corrected chi connectivity index (χ3v) is 6.91. The maximum Gasteiger partial charge on any atom is 0.136 e. The van der Waals surface area contributed by atoms with E-state index >= 15 is 0 Å². The molecular formula is C26H34N6O. The van der Waals surface area contributed by atoms with Gasteiger partial charge in [-0.3, -0.25) is 9.58 Å². The van der Waals surface area contributed by atoms with Gasteiger partial charge in [-0.25, -0.2) is 9.97 Å². The van der Waals surface area contributed by atoms with Crippen molar-refractivity contribution in [3.05, 3.63) is 64.9 Å². The van der Waals surface area contributed by atoms with Gasteiger partial charge < -0.3 is 9.64 Å². The molecule has 174 valence electrons. The summed E-state index contributed by atoms with van der Waals surface area (Å²) in [4.78, 5) is 15.2. The Morgan fingerprint density at radius 2 is 2.00 bits per heavy atom. The van der Waals surface area contributed by atoms with Crippen molar-refractivity contribution in [1.82, 2.24) is 24.6 Å². The molecule has 0 saturated carbocycles. The number of hydrogen-bond acceptors (Lipinski definition) is 6. The average Bonchev–Trinajstić information content (AvgIpc) is 3.24. The van der Waals surface area contributed by atoms with E-state index in [9.17, 15) is 0 Å². The van der Waals surface area contributed by atoms with Gasteiger partial charge in [-0.1, -0.05) is 12.1 Å². The first kappa shape index (κ1) is 21.9. The number of nitrogens with zero attached hydrogens (tertiary/aromatic N) is 6. The number of hydrogen-bond donors (Lipinski definition) is 0. The smallest absolute Gasteiger partial charge is 0.136 e. The molecule has 0 amide bonds. The molecule has 0 N–H and O–H groups in total. The highest BCUT2D eigenvalue weighted by atomic mass is 16.5. The molecule has 7 nitrogen and oxygen atoms in total. The molecule has 1 aromatic carbocycles. The fraction of sp³-hybridized carbons (Fsp3) is 0.500. The zero-order valence-corrected chi connectivity index (χ0v) is 20.0. The summed E-state index contributed by atoms with van der Waals surface area (Å²) >= 11 is 0. The van der Waals surface area contributed by atoms with Gasteiger partial charge in [0.15, 0.2) is 0 Å². The van der Waals surface area contributed by atoms with Crippen molar-refractivity contribution in [2.24, 2.45) is 7.05 Å². The molecule has 4 heterocycles. The van der Waals surface area contributed by atoms with Gasteiger partial charge in [0.2, 0.25) is 0 Å². The van der Waals surface area contributed by atoms with Crippen LogP contribution in [0, 0.1) is 6.92 Å². The summed E-state index contributed by atoms with van der Waals surface area (Å²) in [5, 5.41) is 4.32. The maximum atomic E-state index is 5.43. The van der Waals surface area contributed by atoms with Gasteiger partial charge in [0.25, 0.3) is 0 Å². The van der Waals surface area contributed by atoms with Crippen LogP contribution in [0.5, 0.6) is 5.75 Å². The Balaban J connectivity index is 1.37. The number of aryl methyl sites for hydroxylation is 2. The number of rotatable bonds is 6. The first-order chi connectivity index (χ1) is 16.1. The Hall–Kier alpha value is -2.93. The van der Waals surface area contributed by atoms with Crippen molar-refractivity contribution in [2.45, 2.75) is 51.6 Å². The lowest BCUT2D eigenvalue weighted by atomic mass is 9.95. The van der Waals surface area contributed by atoms with Gasteiger partial charge in [-0.15, -0.1) is 0 Å². The van der Waals surface area contributed by atoms with E-state index in [-0.39, 0.29) is 0 Å². The molecule has 2 aliphatic heterocycles. The van der Waals surface area contributed by atoms with Crippen LogP contribution in [0.15, 0.2) is 36.7 Å². The molecule has 0 unspecified atom stereocenters. The average molecular weight is 447 g/mol. The molecule has 0 aliphatic carbocycles. The molecule has 0 bridgehead atoms. The van der Waals surface area contributed by atoms with E-state index in [1.165, 1.54) is 23.1 Å². The van der Waals surface area contributed by atoms with Gasteiger partial charge in [-0.05, 0) is 56.8 Å². The number of anilines is 1. The highest BCUT2D eigenvalue weighted by molar-refractivity contribution is 5.52. The number of fused-ring (bicyclic) bond motifs is 1. The number of benzene rings is 1. The van der Waals surface area contributed by atoms with Crippen LogP contribution in [-0.2, 0) is 26.6 Å². The normalized spacial score (nSPS) is 18.9. The van der Waals surface area contributed by atoms with Crippen LogP contribution in [0.1, 0.15) is 53.4 Å². The molecule has 1 fully saturated rings. The summed E-state index contributed by atoms with van der Waals surface area (Å²) in [5.74, 6) is 3.43. The van der Waals surface area contributed by atoms with Gasteiger partial charge in [0, 0.05) is 62.2 Å². The van der Waals surface area contributed by atoms with E-state index in [0.29, 0.717) is 5.92 Å². The maximum absolute atomic E-state index is 5.43. The molecule has 2 aliphatic rings. The van der Waals surface area contributed by atoms with Gasteiger partial charge in [0.05, 0.1) is 13.3 Å². The molecule has 0 radical (unpaired) electrons. The number of piperidine rings is 1. The highest BCUT2D eigenvalue weighted by Crippen LogP contribution is 2.33. The zero-order valence-electron chi connectivity index (χ0n) is 20.0. The van der Waals surface area contributed by atoms with Crippen molar-refractivity contribution in [2.75, 3.05) is 31.6 Å². The van der Waals surface area contributed by atoms with Crippen molar-refractivity contribution < 1.29 is 4.74 Å². The highest BCUT2D eigenvalue weighted by Gasteiger charge is 2.28. The summed E-state index contributed by atoms with van der Waals surface area (Å²) in [5.41, 5.74) is 4.98. The van der Waals surface area contributed by atoms with Crippen LogP contribution >= 0.6 is 0 Å². The molecule has 5 rings (SSSR count). The Labute approximate surface area is 196 Å². The molecule has 3 aromatic rings. The predicted octanol–water partition coefficient (Wildman–Crippen LogP) is 3.86. The Kier molecular flexibility index (Phi) is 6.31. The fourth-order valence-corrected chi connectivity index (χ4v) is 5.26. The minimum atomic E-state index is 0.375. The van der Waals surface area contributed by atoms with Crippen LogP contribution in [0.2, 0.25) is 0 Å². The van der Waals surface area contributed by atoms with E-state index in [2.05, 4.69) is 46.2 Å². The van der Waals surface area contributed by atoms with E-state index in [0.717, 1.165) is 75.1 Å². The number of methoxy groups -OCH3 is 1. The Morgan fingerprint density at radius 1 is 1.09 bits per heavy atom. The summed E-state index contributed by atoms with van der Waals surface area (Å²) in [6.45, 7) is 7.10. The Bertz CT molecular complexity index is 1110. The van der Waals surface area contributed by atoms with Crippen LogP contribution in [0.4, 0.5) is 5.82 Å². The number of likely N-dealkylation sites (tertiary alicyclic amines) is 1. The van der Waals surface area contributed by atoms with E-state index in [1.54, 1.807) is 7.11 Å². The van der Waals surface area contributed by atoms with Crippen molar-refractivity contribution >= 4 is 5.82 Å². The molecule has 1 saturated heterocycles. The van der Waals surface area contributed by atoms with Crippen LogP contribution < -0.4 is 9.64 Å². The van der Waals surface area contributed by atoms with E-state index in [4.69, 9.17) is 14.7 Å². The number of ether oxygens (including phenoxy) is 1. The van der Waals surface area contributed by atoms with Crippen LogP contribution in [0.3, 0.4) is 0 Å². The monoisotopic (exact) mass is 446 g/mol. The van der Waals surface area contributed by atoms with Gasteiger partial charge in [-0.2, -0.15) is 5.10 Å². The first-order valence-corrected chi connectivity index (χ1v) is 12.0. The van der Waals surface area contributed by atoms with Crippen LogP contribution in [-0.4, -0.2) is 51.4 Å². The molecule has 2 aromatic heterocycles. The minimum Gasteiger partial charge on any atom is -0.497 e. The van der Waals surface area contributed by atoms with Gasteiger partial charge in [0.1, 0.15) is 17.4 Å². The van der Waals surface area contributed by atoms with Gasteiger partial charge >= 0.3 is 0 Å². The fourth-order valence-electron chi connectivity index (χ4n) is 5.26. The lowest BCUT2D eigenvalue weighted by molar-refractivity contribution is 0.196. The lowest BCUT2D eigenvalue weighted by Gasteiger charge is -2.34. The first-order valence-electron chi connectivity index (χ1n) is 12.0. The van der Waals surface area contributed by atoms with Crippen molar-refractivity contribution in [3.63, 3.8) is 0 Å². The molecule has 7 heteroatoms. The van der Waals surface area contributed by atoms with E-state index in [1.807, 2.05) is 24.0 Å². The quantitative estimate of drug-likeness (QED) is 0.573. The Morgan fingerprint density at radius 3 is 2.82 bits per heavy atom. The lowest BCUT2D eigenvalue weighted by Crippen LogP contribution is -2.36. The molecule has 33 heavy (non-hydrogen) atoms. The minimum absolute atomic E-state index is 0.375. The summed E-state index contributed by atoms with van der Waals surface area (Å²) in [6.07, 6.45) is 8.62. The third kappa shape index (κ3) is 4.88. The number of aromatic nitrogens is 4. The van der Waals surface area contributed by atoms with Crippen LogP contribution in [0.25, 0.3) is 0 Å². The van der Waals surface area contributed by atoms with E-state index < -0.39 is 0 Å². The second-order valence-corrected chi connectivity index (χ2v) is 9.44.